The van der Waals surface area contributed by atoms with Crippen LogP contribution in [0.15, 0.2) is 22.7 Å². The number of aromatic amines is 1. The average Bonchev–Trinajstić information content (AvgIpc) is 3.01. The number of ether oxygens (including phenoxy) is 1. The van der Waals surface area contributed by atoms with Gasteiger partial charge in [0.25, 0.3) is 0 Å². The Kier molecular flexibility index (Phi) is 3.89. The first-order valence-corrected chi connectivity index (χ1v) is 8.27. The van der Waals surface area contributed by atoms with Gasteiger partial charge in [-0.3, -0.25) is 4.90 Å². The second kappa shape index (κ2) is 5.57. The Hall–Kier alpha value is -1.56. The molecule has 1 aromatic heterocycles. The lowest BCUT2D eigenvalue weighted by Crippen LogP contribution is -2.36. The van der Waals surface area contributed by atoms with Crippen molar-refractivity contribution in [2.45, 2.75) is 45.3 Å². The number of H-pyrrole nitrogens is 1. The van der Waals surface area contributed by atoms with E-state index in [1.807, 2.05) is 39.0 Å². The minimum atomic E-state index is -0.483. The van der Waals surface area contributed by atoms with Crippen molar-refractivity contribution >= 4 is 33.1 Å². The van der Waals surface area contributed by atoms with Gasteiger partial charge in [-0.25, -0.2) is 9.78 Å². The summed E-state index contributed by atoms with van der Waals surface area (Å²) in [6.07, 6.45) is 1.60. The molecule has 0 aliphatic carbocycles. The van der Waals surface area contributed by atoms with Crippen molar-refractivity contribution in [3.63, 3.8) is 0 Å². The van der Waals surface area contributed by atoms with E-state index in [9.17, 15) is 4.79 Å². The Morgan fingerprint density at radius 1 is 1.45 bits per heavy atom. The number of carbonyl (C=O) groups excluding carboxylic acids is 1. The lowest BCUT2D eigenvalue weighted by Gasteiger charge is -2.27. The van der Waals surface area contributed by atoms with Crippen molar-refractivity contribution < 1.29 is 9.53 Å². The maximum absolute atomic E-state index is 12.4. The van der Waals surface area contributed by atoms with E-state index in [4.69, 9.17) is 4.74 Å². The van der Waals surface area contributed by atoms with E-state index in [1.165, 1.54) is 0 Å². The van der Waals surface area contributed by atoms with Gasteiger partial charge < -0.3 is 9.72 Å². The number of rotatable bonds is 1. The molecule has 1 saturated heterocycles. The van der Waals surface area contributed by atoms with Crippen LogP contribution >= 0.6 is 15.9 Å². The van der Waals surface area contributed by atoms with Crippen molar-refractivity contribution in [2.75, 3.05) is 6.54 Å². The molecule has 1 aromatic carbocycles. The molecule has 1 aliphatic heterocycles. The van der Waals surface area contributed by atoms with Gasteiger partial charge >= 0.3 is 6.09 Å². The smallest absolute Gasteiger partial charge is 0.410 e. The molecule has 0 bridgehead atoms. The van der Waals surface area contributed by atoms with Crippen molar-refractivity contribution in [2.24, 2.45) is 0 Å². The fourth-order valence-electron chi connectivity index (χ4n) is 2.75. The molecule has 22 heavy (non-hydrogen) atoms. The van der Waals surface area contributed by atoms with Gasteiger partial charge in [0.1, 0.15) is 11.4 Å². The molecule has 1 fully saturated rings. The summed E-state index contributed by atoms with van der Waals surface area (Å²) in [6.45, 7) is 6.36. The van der Waals surface area contributed by atoms with Gasteiger partial charge in [-0.05, 0) is 51.8 Å². The minimum absolute atomic E-state index is 0.0407. The van der Waals surface area contributed by atoms with Gasteiger partial charge in [0.2, 0.25) is 0 Å². The number of likely N-dealkylation sites (tertiary alicyclic amines) is 1. The standard InChI is InChI=1S/C16H20BrN3O2/c1-16(2,3)22-15(21)20-8-4-5-13(20)14-18-11-7-6-10(17)9-12(11)19-14/h6-7,9,13H,4-5,8H2,1-3H3,(H,18,19)/t13-/m0/s1. The fraction of sp³-hybridized carbons (Fsp3) is 0.500. The molecular weight excluding hydrogens is 346 g/mol. The number of aromatic nitrogens is 2. The zero-order valence-electron chi connectivity index (χ0n) is 13.0. The van der Waals surface area contributed by atoms with Crippen molar-refractivity contribution in [3.8, 4) is 0 Å². The van der Waals surface area contributed by atoms with E-state index in [1.54, 1.807) is 4.90 Å². The second-order valence-corrected chi connectivity index (χ2v) is 7.53. The number of nitrogens with one attached hydrogen (secondary N) is 1. The third-order valence-electron chi connectivity index (χ3n) is 3.66. The molecule has 0 unspecified atom stereocenters. The summed E-state index contributed by atoms with van der Waals surface area (Å²) < 4.78 is 6.51. The number of carbonyl (C=O) groups is 1. The summed E-state index contributed by atoms with van der Waals surface area (Å²) in [5.41, 5.74) is 1.40. The Morgan fingerprint density at radius 3 is 2.95 bits per heavy atom. The van der Waals surface area contributed by atoms with Crippen LogP contribution in [0.2, 0.25) is 0 Å². The van der Waals surface area contributed by atoms with Crippen LogP contribution in [0, 0.1) is 0 Å². The maximum Gasteiger partial charge on any atom is 0.410 e. The predicted molar refractivity (Wildman–Crippen MR) is 88.7 cm³/mol. The first-order chi connectivity index (χ1) is 10.3. The van der Waals surface area contributed by atoms with E-state index in [0.717, 1.165) is 34.2 Å². The Labute approximate surface area is 138 Å². The molecule has 1 aliphatic rings. The summed E-state index contributed by atoms with van der Waals surface area (Å²) in [7, 11) is 0. The van der Waals surface area contributed by atoms with Gasteiger partial charge in [-0.15, -0.1) is 0 Å². The van der Waals surface area contributed by atoms with Crippen LogP contribution in [0.1, 0.15) is 45.5 Å². The van der Waals surface area contributed by atoms with Crippen LogP contribution in [-0.4, -0.2) is 33.1 Å². The summed E-state index contributed by atoms with van der Waals surface area (Å²) in [6, 6.07) is 5.89. The zero-order valence-corrected chi connectivity index (χ0v) is 14.6. The van der Waals surface area contributed by atoms with Gasteiger partial charge in [0.15, 0.2) is 0 Å². The second-order valence-electron chi connectivity index (χ2n) is 6.62. The summed E-state index contributed by atoms with van der Waals surface area (Å²) in [5.74, 6) is 0.830. The number of fused-ring (bicyclic) bond motifs is 1. The molecule has 0 radical (unpaired) electrons. The first kappa shape index (κ1) is 15.3. The Morgan fingerprint density at radius 2 is 2.23 bits per heavy atom. The van der Waals surface area contributed by atoms with E-state index >= 15 is 0 Å². The van der Waals surface area contributed by atoms with Crippen molar-refractivity contribution in [1.82, 2.24) is 14.9 Å². The number of imidazole rings is 1. The minimum Gasteiger partial charge on any atom is -0.444 e. The number of amides is 1. The molecule has 5 nitrogen and oxygen atoms in total. The maximum atomic E-state index is 12.4. The highest BCUT2D eigenvalue weighted by Crippen LogP contribution is 2.33. The van der Waals surface area contributed by atoms with Crippen LogP contribution < -0.4 is 0 Å². The van der Waals surface area contributed by atoms with Crippen LogP contribution in [0.3, 0.4) is 0 Å². The molecule has 6 heteroatoms. The summed E-state index contributed by atoms with van der Waals surface area (Å²) in [4.78, 5) is 22.1. The molecule has 3 rings (SSSR count). The highest BCUT2D eigenvalue weighted by atomic mass is 79.9. The van der Waals surface area contributed by atoms with Crippen LogP contribution in [0.4, 0.5) is 4.79 Å². The quantitative estimate of drug-likeness (QED) is 0.814. The monoisotopic (exact) mass is 365 g/mol. The molecule has 0 saturated carbocycles. The van der Waals surface area contributed by atoms with Gasteiger partial charge in [-0.2, -0.15) is 0 Å². The topological polar surface area (TPSA) is 58.2 Å². The van der Waals surface area contributed by atoms with Gasteiger partial charge in [0, 0.05) is 11.0 Å². The van der Waals surface area contributed by atoms with E-state index in [-0.39, 0.29) is 12.1 Å². The number of halogens is 1. The Bertz CT molecular complexity index is 705. The third kappa shape index (κ3) is 3.11. The molecular formula is C16H20BrN3O2. The molecule has 1 atom stereocenters. The zero-order chi connectivity index (χ0) is 15.9. The molecule has 118 valence electrons. The fourth-order valence-corrected chi connectivity index (χ4v) is 3.11. The average molecular weight is 366 g/mol. The highest BCUT2D eigenvalue weighted by molar-refractivity contribution is 9.10. The number of hydrogen-bond acceptors (Lipinski definition) is 3. The number of benzene rings is 1. The lowest BCUT2D eigenvalue weighted by molar-refractivity contribution is 0.0219. The lowest BCUT2D eigenvalue weighted by atomic mass is 10.2. The third-order valence-corrected chi connectivity index (χ3v) is 4.15. The predicted octanol–water partition coefficient (Wildman–Crippen LogP) is 4.40. The Balaban J connectivity index is 1.86. The summed E-state index contributed by atoms with van der Waals surface area (Å²) in [5, 5.41) is 0. The largest absolute Gasteiger partial charge is 0.444 e. The van der Waals surface area contributed by atoms with Gasteiger partial charge in [-0.1, -0.05) is 15.9 Å². The van der Waals surface area contributed by atoms with E-state index in [2.05, 4.69) is 25.9 Å². The van der Waals surface area contributed by atoms with Gasteiger partial charge in [0.05, 0.1) is 17.1 Å². The highest BCUT2D eigenvalue weighted by Gasteiger charge is 2.34. The van der Waals surface area contributed by atoms with Crippen molar-refractivity contribution in [3.05, 3.63) is 28.5 Å². The van der Waals surface area contributed by atoms with Crippen molar-refractivity contribution in [1.29, 1.82) is 0 Å². The van der Waals surface area contributed by atoms with Crippen LogP contribution in [0.5, 0.6) is 0 Å². The molecule has 2 heterocycles. The summed E-state index contributed by atoms with van der Waals surface area (Å²) >= 11 is 3.46. The molecule has 1 amide bonds. The molecule has 2 aromatic rings. The normalized spacial score (nSPS) is 18.9. The first-order valence-electron chi connectivity index (χ1n) is 7.48. The molecule has 0 spiro atoms. The number of nitrogens with zero attached hydrogens (tertiary/aromatic N) is 2. The van der Waals surface area contributed by atoms with E-state index < -0.39 is 5.60 Å². The number of hydrogen-bond donors (Lipinski definition) is 1. The molecule has 1 N–H and O–H groups in total. The van der Waals surface area contributed by atoms with E-state index in [0.29, 0.717) is 6.54 Å². The van der Waals surface area contributed by atoms with Crippen LogP contribution in [0.25, 0.3) is 11.0 Å². The van der Waals surface area contributed by atoms with Crippen LogP contribution in [-0.2, 0) is 4.74 Å². The SMILES string of the molecule is CC(C)(C)OC(=O)N1CCC[C@H]1c1nc2ccc(Br)cc2[nH]1.